The van der Waals surface area contributed by atoms with Gasteiger partial charge in [0.2, 0.25) is 0 Å². The summed E-state index contributed by atoms with van der Waals surface area (Å²) in [4.78, 5) is 0. The second-order valence-electron chi connectivity index (χ2n) is 5.19. The van der Waals surface area contributed by atoms with Crippen LogP contribution in [-0.2, 0) is 4.74 Å². The number of hydrogen-bond acceptors (Lipinski definition) is 3. The second kappa shape index (κ2) is 6.33. The van der Waals surface area contributed by atoms with Crippen molar-refractivity contribution < 1.29 is 9.47 Å². The maximum Gasteiger partial charge on any atom is 0.188 e. The minimum Gasteiger partial charge on any atom is -0.467 e. The van der Waals surface area contributed by atoms with Crippen LogP contribution in [0.1, 0.15) is 11.1 Å². The summed E-state index contributed by atoms with van der Waals surface area (Å²) in [6, 6.07) is 13.7. The molecule has 0 amide bonds. The zero-order chi connectivity index (χ0) is 16.4. The van der Waals surface area contributed by atoms with Crippen molar-refractivity contribution in [3.8, 4) is 17.5 Å². The quantitative estimate of drug-likeness (QED) is 0.666. The summed E-state index contributed by atoms with van der Waals surface area (Å²) in [7, 11) is 1.58. The minimum atomic E-state index is 0.190. The van der Waals surface area contributed by atoms with E-state index in [0.29, 0.717) is 10.6 Å². The molecule has 1 heterocycles. The van der Waals surface area contributed by atoms with Gasteiger partial charge in [-0.1, -0.05) is 17.7 Å². The van der Waals surface area contributed by atoms with Gasteiger partial charge in [0.15, 0.2) is 6.79 Å². The third kappa shape index (κ3) is 2.89. The Morgan fingerprint density at radius 2 is 2.04 bits per heavy atom. The largest absolute Gasteiger partial charge is 0.467 e. The van der Waals surface area contributed by atoms with Crippen LogP contribution in [0.5, 0.6) is 5.75 Å². The highest BCUT2D eigenvalue weighted by molar-refractivity contribution is 6.31. The van der Waals surface area contributed by atoms with Crippen LogP contribution >= 0.6 is 11.6 Å². The number of rotatable bonds is 4. The molecule has 0 aliphatic rings. The second-order valence-corrected chi connectivity index (χ2v) is 5.62. The van der Waals surface area contributed by atoms with Crippen molar-refractivity contribution in [2.24, 2.45) is 0 Å². The molecule has 0 unspecified atom stereocenters. The fourth-order valence-electron chi connectivity index (χ4n) is 2.52. The fourth-order valence-corrected chi connectivity index (χ4v) is 2.69. The number of nitrogens with zero attached hydrogens (tertiary/aromatic N) is 2. The lowest BCUT2D eigenvalue weighted by Gasteiger charge is -2.11. The summed E-state index contributed by atoms with van der Waals surface area (Å²) < 4.78 is 12.5. The Morgan fingerprint density at radius 1 is 1.22 bits per heavy atom. The van der Waals surface area contributed by atoms with E-state index in [4.69, 9.17) is 21.1 Å². The predicted octanol–water partition coefficient (Wildman–Crippen LogP) is 4.45. The molecular weight excluding hydrogens is 312 g/mol. The number of hydrogen-bond donors (Lipinski definition) is 0. The molecule has 5 heteroatoms. The molecule has 0 spiro atoms. The van der Waals surface area contributed by atoms with Crippen LogP contribution in [0.2, 0.25) is 5.02 Å². The van der Waals surface area contributed by atoms with E-state index in [2.05, 4.69) is 6.07 Å². The van der Waals surface area contributed by atoms with E-state index in [1.165, 1.54) is 0 Å². The number of aromatic nitrogens is 1. The summed E-state index contributed by atoms with van der Waals surface area (Å²) >= 11 is 6.05. The van der Waals surface area contributed by atoms with E-state index in [1.54, 1.807) is 7.11 Å². The van der Waals surface area contributed by atoms with Crippen molar-refractivity contribution in [3.63, 3.8) is 0 Å². The zero-order valence-electron chi connectivity index (χ0n) is 12.8. The van der Waals surface area contributed by atoms with Crippen LogP contribution in [0.25, 0.3) is 16.6 Å². The molecule has 116 valence electrons. The summed E-state index contributed by atoms with van der Waals surface area (Å²) in [6.45, 7) is 2.17. The van der Waals surface area contributed by atoms with E-state index in [9.17, 15) is 5.26 Å². The van der Waals surface area contributed by atoms with E-state index < -0.39 is 0 Å². The van der Waals surface area contributed by atoms with Crippen molar-refractivity contribution in [3.05, 3.63) is 58.7 Å². The molecule has 4 nitrogen and oxygen atoms in total. The number of benzene rings is 2. The first-order chi connectivity index (χ1) is 11.1. The van der Waals surface area contributed by atoms with Crippen LogP contribution in [0.15, 0.2) is 42.6 Å². The van der Waals surface area contributed by atoms with Gasteiger partial charge in [-0.2, -0.15) is 5.26 Å². The molecule has 0 saturated carbocycles. The first kappa shape index (κ1) is 15.4. The van der Waals surface area contributed by atoms with Crippen LogP contribution in [0, 0.1) is 18.3 Å². The van der Waals surface area contributed by atoms with Gasteiger partial charge in [0.1, 0.15) is 11.8 Å². The lowest BCUT2D eigenvalue weighted by Crippen LogP contribution is -2.01. The number of fused-ring (bicyclic) bond motifs is 1. The number of methoxy groups -OCH3 is 1. The molecule has 3 rings (SSSR count). The lowest BCUT2D eigenvalue weighted by molar-refractivity contribution is 0.0506. The van der Waals surface area contributed by atoms with Gasteiger partial charge in [-0.25, -0.2) is 0 Å². The maximum atomic E-state index is 9.35. The zero-order valence-corrected chi connectivity index (χ0v) is 13.6. The third-order valence-electron chi connectivity index (χ3n) is 3.67. The van der Waals surface area contributed by atoms with Crippen molar-refractivity contribution in [1.82, 2.24) is 4.57 Å². The molecule has 23 heavy (non-hydrogen) atoms. The van der Waals surface area contributed by atoms with Crippen LogP contribution < -0.4 is 4.74 Å². The van der Waals surface area contributed by atoms with Crippen LogP contribution in [0.4, 0.5) is 0 Å². The van der Waals surface area contributed by atoms with Gasteiger partial charge in [-0.15, -0.1) is 0 Å². The van der Waals surface area contributed by atoms with Gasteiger partial charge in [-0.3, -0.25) is 0 Å². The van der Waals surface area contributed by atoms with Gasteiger partial charge >= 0.3 is 0 Å². The molecule has 0 atom stereocenters. The molecule has 0 aliphatic carbocycles. The van der Waals surface area contributed by atoms with Crippen molar-refractivity contribution in [2.45, 2.75) is 6.92 Å². The fraction of sp³-hybridized carbons (Fsp3) is 0.167. The topological polar surface area (TPSA) is 47.2 Å². The Hall–Kier alpha value is -2.48. The lowest BCUT2D eigenvalue weighted by atomic mass is 10.2. The average molecular weight is 327 g/mol. The smallest absolute Gasteiger partial charge is 0.188 e. The summed E-state index contributed by atoms with van der Waals surface area (Å²) in [5.41, 5.74) is 3.44. The Labute approximate surface area is 139 Å². The predicted molar refractivity (Wildman–Crippen MR) is 90.2 cm³/mol. The number of halogens is 1. The molecule has 0 fully saturated rings. The van der Waals surface area contributed by atoms with E-state index in [0.717, 1.165) is 27.9 Å². The summed E-state index contributed by atoms with van der Waals surface area (Å²) in [5.74, 6) is 0.749. The van der Waals surface area contributed by atoms with Crippen molar-refractivity contribution in [2.75, 3.05) is 13.9 Å². The monoisotopic (exact) mass is 326 g/mol. The SMILES string of the molecule is COCOc1cc(-n2cc(C#N)c3cc(Cl)ccc32)ccc1C. The van der Waals surface area contributed by atoms with Gasteiger partial charge in [0, 0.05) is 35.5 Å². The molecule has 0 saturated heterocycles. The molecule has 0 N–H and O–H groups in total. The normalized spacial score (nSPS) is 10.7. The third-order valence-corrected chi connectivity index (χ3v) is 3.90. The Balaban J connectivity index is 2.15. The molecule has 1 aromatic heterocycles. The molecule has 2 aromatic carbocycles. The molecule has 0 radical (unpaired) electrons. The number of nitriles is 1. The standard InChI is InChI=1S/C18H15ClN2O2/c1-12-3-5-15(8-18(12)23-11-22-2)21-10-13(9-20)16-7-14(19)4-6-17(16)21/h3-8,10H,11H2,1-2H3. The van der Waals surface area contributed by atoms with Gasteiger partial charge in [-0.05, 0) is 36.8 Å². The number of aryl methyl sites for hydroxylation is 1. The Kier molecular flexibility index (Phi) is 4.24. The first-order valence-electron chi connectivity index (χ1n) is 7.07. The number of ether oxygens (including phenoxy) is 2. The summed E-state index contributed by atoms with van der Waals surface area (Å²) in [5, 5.41) is 10.8. The van der Waals surface area contributed by atoms with Crippen molar-refractivity contribution >= 4 is 22.5 Å². The van der Waals surface area contributed by atoms with Crippen LogP contribution in [-0.4, -0.2) is 18.5 Å². The Bertz CT molecular complexity index is 909. The minimum absolute atomic E-state index is 0.190. The summed E-state index contributed by atoms with van der Waals surface area (Å²) in [6.07, 6.45) is 1.81. The highest BCUT2D eigenvalue weighted by Gasteiger charge is 2.11. The van der Waals surface area contributed by atoms with E-state index in [1.807, 2.05) is 54.1 Å². The highest BCUT2D eigenvalue weighted by atomic mass is 35.5. The van der Waals surface area contributed by atoms with Crippen molar-refractivity contribution in [1.29, 1.82) is 5.26 Å². The van der Waals surface area contributed by atoms with E-state index >= 15 is 0 Å². The maximum absolute atomic E-state index is 9.35. The highest BCUT2D eigenvalue weighted by Crippen LogP contribution is 2.29. The molecule has 3 aromatic rings. The first-order valence-corrected chi connectivity index (χ1v) is 7.45. The van der Waals surface area contributed by atoms with Gasteiger partial charge in [0.05, 0.1) is 11.1 Å². The van der Waals surface area contributed by atoms with Gasteiger partial charge in [0.25, 0.3) is 0 Å². The van der Waals surface area contributed by atoms with E-state index in [-0.39, 0.29) is 6.79 Å². The Morgan fingerprint density at radius 3 is 2.78 bits per heavy atom. The molecular formula is C18H15ClN2O2. The van der Waals surface area contributed by atoms with Crippen LogP contribution in [0.3, 0.4) is 0 Å². The average Bonchev–Trinajstić information content (AvgIpc) is 2.92. The van der Waals surface area contributed by atoms with Gasteiger partial charge < -0.3 is 14.0 Å². The molecule has 0 aliphatic heterocycles. The molecule has 0 bridgehead atoms.